The first-order chi connectivity index (χ1) is 8.41. The van der Waals surface area contributed by atoms with E-state index in [2.05, 4.69) is 6.92 Å². The molecule has 0 heterocycles. The Kier molecular flexibility index (Phi) is 3.64. The van der Waals surface area contributed by atoms with Crippen molar-refractivity contribution < 1.29 is 14.7 Å². The van der Waals surface area contributed by atoms with Crippen molar-refractivity contribution in [1.29, 1.82) is 0 Å². The zero-order chi connectivity index (χ0) is 13.4. The summed E-state index contributed by atoms with van der Waals surface area (Å²) in [6, 6.07) is 0.253. The fraction of sp³-hybridized carbons (Fsp3) is 0.857. The quantitative estimate of drug-likeness (QED) is 0.833. The maximum Gasteiger partial charge on any atom is 0.307 e. The van der Waals surface area contributed by atoms with Crippen LogP contribution in [-0.2, 0) is 9.59 Å². The van der Waals surface area contributed by atoms with Crippen molar-refractivity contribution in [3.63, 3.8) is 0 Å². The number of hydrogen-bond donors (Lipinski definition) is 1. The molecule has 1 N–H and O–H groups in total. The minimum atomic E-state index is -0.815. The van der Waals surface area contributed by atoms with Crippen molar-refractivity contribution in [2.45, 2.75) is 45.6 Å². The average Bonchev–Trinajstić information content (AvgIpc) is 3.09. The first-order valence-corrected chi connectivity index (χ1v) is 6.91. The number of carbonyl (C=O) groups is 2. The van der Waals surface area contributed by atoms with Gasteiger partial charge in [-0.2, -0.15) is 0 Å². The van der Waals surface area contributed by atoms with Crippen LogP contribution in [0.1, 0.15) is 39.5 Å². The molecule has 4 unspecified atom stereocenters. The summed E-state index contributed by atoms with van der Waals surface area (Å²) in [5, 5.41) is 9.22. The summed E-state index contributed by atoms with van der Waals surface area (Å²) in [7, 11) is 1.83. The molecule has 0 radical (unpaired) electrons. The highest BCUT2D eigenvalue weighted by atomic mass is 16.4. The van der Waals surface area contributed by atoms with Gasteiger partial charge in [0.2, 0.25) is 5.91 Å². The van der Waals surface area contributed by atoms with Crippen LogP contribution in [0.4, 0.5) is 0 Å². The van der Waals surface area contributed by atoms with E-state index in [1.165, 1.54) is 12.8 Å². The predicted octanol–water partition coefficient (Wildman–Crippen LogP) is 1.99. The SMILES string of the molecule is CC1CC(C(=O)O)C(C(=O)N(C)C(C)C2CC2)C1. The van der Waals surface area contributed by atoms with Gasteiger partial charge in [-0.3, -0.25) is 9.59 Å². The Hall–Kier alpha value is -1.06. The zero-order valence-corrected chi connectivity index (χ0v) is 11.4. The van der Waals surface area contributed by atoms with Crippen LogP contribution in [0.15, 0.2) is 0 Å². The van der Waals surface area contributed by atoms with E-state index in [0.717, 1.165) is 6.42 Å². The molecular weight excluding hydrogens is 230 g/mol. The average molecular weight is 253 g/mol. The zero-order valence-electron chi connectivity index (χ0n) is 11.4. The van der Waals surface area contributed by atoms with Gasteiger partial charge in [0.25, 0.3) is 0 Å². The van der Waals surface area contributed by atoms with Crippen molar-refractivity contribution in [1.82, 2.24) is 4.90 Å². The Balaban J connectivity index is 2.04. The normalized spacial score (nSPS) is 33.2. The van der Waals surface area contributed by atoms with Crippen LogP contribution >= 0.6 is 0 Å². The maximum absolute atomic E-state index is 12.4. The second kappa shape index (κ2) is 4.90. The molecule has 0 spiro atoms. The Morgan fingerprint density at radius 1 is 1.22 bits per heavy atom. The van der Waals surface area contributed by atoms with Crippen molar-refractivity contribution in [3.8, 4) is 0 Å². The van der Waals surface area contributed by atoms with E-state index in [9.17, 15) is 14.7 Å². The first kappa shape index (κ1) is 13.4. The number of amides is 1. The van der Waals surface area contributed by atoms with Crippen LogP contribution in [0, 0.1) is 23.7 Å². The third kappa shape index (κ3) is 2.52. The summed E-state index contributed by atoms with van der Waals surface area (Å²) >= 11 is 0. The van der Waals surface area contributed by atoms with Gasteiger partial charge in [0.1, 0.15) is 0 Å². The lowest BCUT2D eigenvalue weighted by Gasteiger charge is -2.29. The molecule has 0 bridgehead atoms. The summed E-state index contributed by atoms with van der Waals surface area (Å²) < 4.78 is 0. The van der Waals surface area contributed by atoms with E-state index in [4.69, 9.17) is 0 Å². The summed E-state index contributed by atoms with van der Waals surface area (Å²) in [5.41, 5.74) is 0. The highest BCUT2D eigenvalue weighted by Crippen LogP contribution is 2.40. The molecule has 0 aromatic carbocycles. The van der Waals surface area contributed by atoms with Gasteiger partial charge in [-0.25, -0.2) is 0 Å². The molecule has 2 fully saturated rings. The van der Waals surface area contributed by atoms with Crippen LogP contribution in [0.3, 0.4) is 0 Å². The second-order valence-electron chi connectivity index (χ2n) is 6.15. The lowest BCUT2D eigenvalue weighted by Crippen LogP contribution is -2.42. The molecule has 4 heteroatoms. The summed E-state index contributed by atoms with van der Waals surface area (Å²) in [6.45, 7) is 4.11. The molecule has 0 aromatic rings. The smallest absolute Gasteiger partial charge is 0.307 e. The summed E-state index contributed by atoms with van der Waals surface area (Å²) in [4.78, 5) is 25.5. The number of nitrogens with zero attached hydrogens (tertiary/aromatic N) is 1. The Morgan fingerprint density at radius 2 is 1.78 bits per heavy atom. The Bertz CT molecular complexity index is 351. The van der Waals surface area contributed by atoms with E-state index in [0.29, 0.717) is 18.3 Å². The third-order valence-electron chi connectivity index (χ3n) is 4.70. The van der Waals surface area contributed by atoms with Gasteiger partial charge < -0.3 is 10.0 Å². The monoisotopic (exact) mass is 253 g/mol. The highest BCUT2D eigenvalue weighted by molar-refractivity contribution is 5.85. The van der Waals surface area contributed by atoms with E-state index < -0.39 is 11.9 Å². The van der Waals surface area contributed by atoms with Gasteiger partial charge in [0, 0.05) is 13.1 Å². The van der Waals surface area contributed by atoms with Gasteiger partial charge in [0.05, 0.1) is 11.8 Å². The predicted molar refractivity (Wildman–Crippen MR) is 68.0 cm³/mol. The Morgan fingerprint density at radius 3 is 2.28 bits per heavy atom. The standard InChI is InChI=1S/C14H23NO3/c1-8-6-11(12(7-8)14(17)18)13(16)15(3)9(2)10-4-5-10/h8-12H,4-7H2,1-3H3,(H,17,18). The van der Waals surface area contributed by atoms with Crippen LogP contribution in [0.2, 0.25) is 0 Å². The minimum absolute atomic E-state index is 0.0335. The van der Waals surface area contributed by atoms with Crippen LogP contribution < -0.4 is 0 Å². The lowest BCUT2D eigenvalue weighted by atomic mass is 9.94. The molecule has 0 saturated heterocycles. The Labute approximate surface area is 108 Å². The molecule has 1 amide bonds. The summed E-state index contributed by atoms with van der Waals surface area (Å²) in [5.74, 6) is -0.618. The maximum atomic E-state index is 12.4. The molecular formula is C14H23NO3. The van der Waals surface area contributed by atoms with E-state index in [1.807, 2.05) is 14.0 Å². The number of carbonyl (C=O) groups excluding carboxylic acids is 1. The molecule has 0 aromatic heterocycles. The van der Waals surface area contributed by atoms with Gasteiger partial charge >= 0.3 is 5.97 Å². The van der Waals surface area contributed by atoms with Crippen LogP contribution in [0.25, 0.3) is 0 Å². The molecule has 4 nitrogen and oxygen atoms in total. The molecule has 2 rings (SSSR count). The first-order valence-electron chi connectivity index (χ1n) is 6.91. The van der Waals surface area contributed by atoms with Crippen molar-refractivity contribution in [2.75, 3.05) is 7.05 Å². The molecule has 0 aliphatic heterocycles. The lowest BCUT2D eigenvalue weighted by molar-refractivity contribution is -0.149. The molecule has 18 heavy (non-hydrogen) atoms. The van der Waals surface area contributed by atoms with E-state index in [-0.39, 0.29) is 17.9 Å². The van der Waals surface area contributed by atoms with Crippen molar-refractivity contribution in [2.24, 2.45) is 23.7 Å². The van der Waals surface area contributed by atoms with Crippen molar-refractivity contribution in [3.05, 3.63) is 0 Å². The van der Waals surface area contributed by atoms with Gasteiger partial charge in [0.15, 0.2) is 0 Å². The molecule has 2 saturated carbocycles. The number of aliphatic carboxylic acids is 1. The number of carboxylic acids is 1. The van der Waals surface area contributed by atoms with Gasteiger partial charge in [-0.05, 0) is 44.4 Å². The number of rotatable bonds is 4. The molecule has 2 aliphatic carbocycles. The van der Waals surface area contributed by atoms with Crippen LogP contribution in [-0.4, -0.2) is 35.0 Å². The van der Waals surface area contributed by atoms with Crippen LogP contribution in [0.5, 0.6) is 0 Å². The van der Waals surface area contributed by atoms with Gasteiger partial charge in [-0.15, -0.1) is 0 Å². The molecule has 4 atom stereocenters. The molecule has 2 aliphatic rings. The summed E-state index contributed by atoms with van der Waals surface area (Å²) in [6.07, 6.45) is 3.75. The third-order valence-corrected chi connectivity index (χ3v) is 4.70. The fourth-order valence-corrected chi connectivity index (χ4v) is 3.19. The second-order valence-corrected chi connectivity index (χ2v) is 6.15. The fourth-order valence-electron chi connectivity index (χ4n) is 3.19. The largest absolute Gasteiger partial charge is 0.481 e. The molecule has 102 valence electrons. The minimum Gasteiger partial charge on any atom is -0.481 e. The number of hydrogen-bond acceptors (Lipinski definition) is 2. The topological polar surface area (TPSA) is 57.6 Å². The highest BCUT2D eigenvalue weighted by Gasteiger charge is 2.44. The van der Waals surface area contributed by atoms with E-state index >= 15 is 0 Å². The number of carboxylic acid groups (broad SMARTS) is 1. The van der Waals surface area contributed by atoms with Crippen molar-refractivity contribution >= 4 is 11.9 Å². The van der Waals surface area contributed by atoms with Gasteiger partial charge in [-0.1, -0.05) is 6.92 Å². The van der Waals surface area contributed by atoms with E-state index in [1.54, 1.807) is 4.90 Å².